The third kappa shape index (κ3) is 2.29. The number of thiophene rings is 1. The van der Waals surface area contributed by atoms with E-state index < -0.39 is 10.0 Å². The van der Waals surface area contributed by atoms with Crippen molar-refractivity contribution in [1.29, 1.82) is 0 Å². The quantitative estimate of drug-likeness (QED) is 0.928. The smallest absolute Gasteiger partial charge is 0.250 e. The first-order chi connectivity index (χ1) is 10.6. The Morgan fingerprint density at radius 2 is 2.09 bits per heavy atom. The van der Waals surface area contributed by atoms with E-state index >= 15 is 0 Å². The lowest BCUT2D eigenvalue weighted by atomic mass is 10.00. The Kier molecular flexibility index (Phi) is 3.36. The highest BCUT2D eigenvalue weighted by Crippen LogP contribution is 2.40. The zero-order valence-electron chi connectivity index (χ0n) is 11.8. The lowest BCUT2D eigenvalue weighted by Crippen LogP contribution is -2.23. The zero-order valence-corrected chi connectivity index (χ0v) is 13.4. The third-order valence-electron chi connectivity index (χ3n) is 3.96. The number of sulfonamides is 1. The maximum absolute atomic E-state index is 12.3. The molecule has 0 fully saturated rings. The second-order valence-electron chi connectivity index (χ2n) is 5.27. The van der Waals surface area contributed by atoms with Gasteiger partial charge in [-0.1, -0.05) is 6.07 Å². The second kappa shape index (κ2) is 5.26. The summed E-state index contributed by atoms with van der Waals surface area (Å²) in [5, 5.41) is 1.75. The van der Waals surface area contributed by atoms with Gasteiger partial charge in [0.2, 0.25) is 10.0 Å². The number of benzene rings is 1. The summed E-state index contributed by atoms with van der Waals surface area (Å²) in [6.45, 7) is 1.51. The average Bonchev–Trinajstić information content (AvgIpc) is 3.22. The minimum absolute atomic E-state index is 0.231. The first-order valence-corrected chi connectivity index (χ1v) is 9.48. The summed E-state index contributed by atoms with van der Waals surface area (Å²) < 4.78 is 39.0. The van der Waals surface area contributed by atoms with E-state index in [-0.39, 0.29) is 6.54 Å². The molecule has 0 amide bonds. The number of hydrogen-bond donors (Lipinski definition) is 1. The molecule has 1 N–H and O–H groups in total. The van der Waals surface area contributed by atoms with Gasteiger partial charge in [-0.2, -0.15) is 0 Å². The highest BCUT2D eigenvalue weighted by atomic mass is 32.2. The standard InChI is InChI=1S/C15H15NO4S2/c17-22(18,14-2-1-7-21-14)16-9-12-11-4-6-19-13(11)8-10-3-5-20-15(10)12/h1-2,7-8,16H,3-6,9H2. The van der Waals surface area contributed by atoms with Crippen LogP contribution in [0.5, 0.6) is 11.5 Å². The molecule has 116 valence electrons. The highest BCUT2D eigenvalue weighted by Gasteiger charge is 2.27. The van der Waals surface area contributed by atoms with E-state index in [0.717, 1.165) is 41.0 Å². The molecule has 2 aliphatic heterocycles. The van der Waals surface area contributed by atoms with Gasteiger partial charge >= 0.3 is 0 Å². The van der Waals surface area contributed by atoms with Gasteiger partial charge < -0.3 is 9.47 Å². The minimum atomic E-state index is -3.48. The fraction of sp³-hybridized carbons (Fsp3) is 0.333. The van der Waals surface area contributed by atoms with Crippen LogP contribution in [0.2, 0.25) is 0 Å². The van der Waals surface area contributed by atoms with Gasteiger partial charge in [-0.25, -0.2) is 13.1 Å². The van der Waals surface area contributed by atoms with Crippen LogP contribution in [0.25, 0.3) is 0 Å². The maximum Gasteiger partial charge on any atom is 0.250 e. The number of ether oxygens (including phenoxy) is 2. The molecule has 2 aromatic rings. The molecule has 4 rings (SSSR count). The summed E-state index contributed by atoms with van der Waals surface area (Å²) in [5.74, 6) is 1.70. The summed E-state index contributed by atoms with van der Waals surface area (Å²) in [6, 6.07) is 5.36. The van der Waals surface area contributed by atoms with Crippen molar-refractivity contribution in [3.8, 4) is 11.5 Å². The van der Waals surface area contributed by atoms with E-state index in [1.165, 1.54) is 11.3 Å². The Balaban J connectivity index is 1.67. The van der Waals surface area contributed by atoms with Crippen LogP contribution in [0, 0.1) is 0 Å². The Labute approximate surface area is 132 Å². The van der Waals surface area contributed by atoms with E-state index in [4.69, 9.17) is 9.47 Å². The summed E-state index contributed by atoms with van der Waals surface area (Å²) >= 11 is 1.21. The van der Waals surface area contributed by atoms with Gasteiger partial charge in [0.25, 0.3) is 0 Å². The van der Waals surface area contributed by atoms with Gasteiger partial charge in [0, 0.05) is 36.1 Å². The Morgan fingerprint density at radius 1 is 1.23 bits per heavy atom. The third-order valence-corrected chi connectivity index (χ3v) is 6.76. The topological polar surface area (TPSA) is 64.6 Å². The molecule has 0 unspecified atom stereocenters. The molecule has 0 saturated carbocycles. The van der Waals surface area contributed by atoms with Crippen molar-refractivity contribution >= 4 is 21.4 Å². The molecule has 0 aliphatic carbocycles. The molecule has 0 spiro atoms. The number of nitrogens with one attached hydrogen (secondary N) is 1. The van der Waals surface area contributed by atoms with Crippen molar-refractivity contribution in [3.05, 3.63) is 40.3 Å². The van der Waals surface area contributed by atoms with Gasteiger partial charge in [0.05, 0.1) is 13.2 Å². The molecule has 0 radical (unpaired) electrons. The van der Waals surface area contributed by atoms with Crippen molar-refractivity contribution < 1.29 is 17.9 Å². The van der Waals surface area contributed by atoms with E-state index in [0.29, 0.717) is 17.4 Å². The van der Waals surface area contributed by atoms with Crippen LogP contribution in [0.1, 0.15) is 16.7 Å². The van der Waals surface area contributed by atoms with Crippen molar-refractivity contribution in [2.75, 3.05) is 13.2 Å². The van der Waals surface area contributed by atoms with E-state index in [2.05, 4.69) is 4.72 Å². The van der Waals surface area contributed by atoms with Crippen LogP contribution in [0.3, 0.4) is 0 Å². The van der Waals surface area contributed by atoms with Crippen molar-refractivity contribution in [2.24, 2.45) is 0 Å². The normalized spacial score (nSPS) is 16.0. The fourth-order valence-electron chi connectivity index (χ4n) is 2.93. The molecule has 0 saturated heterocycles. The molecular formula is C15H15NO4S2. The Bertz CT molecular complexity index is 780. The summed E-state index contributed by atoms with van der Waals surface area (Å²) in [4.78, 5) is 0. The van der Waals surface area contributed by atoms with Crippen molar-refractivity contribution in [3.63, 3.8) is 0 Å². The van der Waals surface area contributed by atoms with Crippen molar-refractivity contribution in [2.45, 2.75) is 23.6 Å². The van der Waals surface area contributed by atoms with E-state index in [9.17, 15) is 8.42 Å². The molecule has 2 aliphatic rings. The number of fused-ring (bicyclic) bond motifs is 2. The second-order valence-corrected chi connectivity index (χ2v) is 8.22. The van der Waals surface area contributed by atoms with Crippen LogP contribution in [-0.4, -0.2) is 21.6 Å². The molecule has 0 bridgehead atoms. The lowest BCUT2D eigenvalue weighted by molar-refractivity contribution is 0.352. The Morgan fingerprint density at radius 3 is 2.91 bits per heavy atom. The summed E-state index contributed by atoms with van der Waals surface area (Å²) in [7, 11) is -3.48. The average molecular weight is 337 g/mol. The van der Waals surface area contributed by atoms with Gasteiger partial charge in [-0.05, 0) is 17.5 Å². The number of rotatable bonds is 4. The maximum atomic E-state index is 12.3. The molecule has 1 aromatic heterocycles. The van der Waals surface area contributed by atoms with Crippen LogP contribution >= 0.6 is 11.3 Å². The van der Waals surface area contributed by atoms with Crippen LogP contribution < -0.4 is 14.2 Å². The summed E-state index contributed by atoms with van der Waals surface area (Å²) in [5.41, 5.74) is 3.09. The monoisotopic (exact) mass is 337 g/mol. The molecule has 22 heavy (non-hydrogen) atoms. The Hall–Kier alpha value is -1.57. The predicted molar refractivity (Wildman–Crippen MR) is 83.2 cm³/mol. The van der Waals surface area contributed by atoms with Gasteiger partial charge in [0.1, 0.15) is 15.7 Å². The van der Waals surface area contributed by atoms with Gasteiger partial charge in [0.15, 0.2) is 0 Å². The van der Waals surface area contributed by atoms with Gasteiger partial charge in [-0.3, -0.25) is 0 Å². The highest BCUT2D eigenvalue weighted by molar-refractivity contribution is 7.91. The van der Waals surface area contributed by atoms with Crippen LogP contribution in [-0.2, 0) is 29.4 Å². The van der Waals surface area contributed by atoms with Crippen LogP contribution in [0.15, 0.2) is 27.8 Å². The predicted octanol–water partition coefficient (Wildman–Crippen LogP) is 2.10. The molecule has 7 heteroatoms. The first kappa shape index (κ1) is 14.0. The van der Waals surface area contributed by atoms with Gasteiger partial charge in [-0.15, -0.1) is 11.3 Å². The molecule has 1 aromatic carbocycles. The SMILES string of the molecule is O=S(=O)(NCc1c2c(cc3c1OCC3)OCC2)c1cccs1. The lowest BCUT2D eigenvalue weighted by Gasteiger charge is -2.13. The molecule has 5 nitrogen and oxygen atoms in total. The largest absolute Gasteiger partial charge is 0.493 e. The number of hydrogen-bond acceptors (Lipinski definition) is 5. The van der Waals surface area contributed by atoms with E-state index in [1.54, 1.807) is 17.5 Å². The van der Waals surface area contributed by atoms with E-state index in [1.807, 2.05) is 6.07 Å². The minimum Gasteiger partial charge on any atom is -0.493 e. The fourth-order valence-corrected chi connectivity index (χ4v) is 4.96. The molecule has 0 atom stereocenters. The van der Waals surface area contributed by atoms with Crippen molar-refractivity contribution in [1.82, 2.24) is 4.72 Å². The first-order valence-electron chi connectivity index (χ1n) is 7.11. The summed E-state index contributed by atoms with van der Waals surface area (Å²) in [6.07, 6.45) is 1.64. The van der Waals surface area contributed by atoms with Crippen LogP contribution in [0.4, 0.5) is 0 Å². The molecular weight excluding hydrogens is 322 g/mol. The zero-order chi connectivity index (χ0) is 15.2. The molecule has 3 heterocycles.